The van der Waals surface area contributed by atoms with Crippen LogP contribution in [-0.2, 0) is 14.3 Å². The first-order chi connectivity index (χ1) is 12.3. The molecule has 2 N–H and O–H groups in total. The average molecular weight is 416 g/mol. The molecule has 0 aliphatic carbocycles. The minimum absolute atomic E-state index is 0.277. The van der Waals surface area contributed by atoms with Crippen molar-refractivity contribution in [1.82, 2.24) is 10.2 Å². The van der Waals surface area contributed by atoms with Crippen molar-refractivity contribution in [3.05, 3.63) is 41.1 Å². The summed E-state index contributed by atoms with van der Waals surface area (Å²) in [5.41, 5.74) is 2.55. The number of amides is 1. The molecule has 1 aliphatic rings. The Hall–Kier alpha value is -1.83. The first kappa shape index (κ1) is 20.5. The van der Waals surface area contributed by atoms with Crippen LogP contribution < -0.4 is 10.6 Å². The fourth-order valence-corrected chi connectivity index (χ4v) is 2.88. The van der Waals surface area contributed by atoms with Gasteiger partial charge in [-0.05, 0) is 43.8 Å². The van der Waals surface area contributed by atoms with E-state index in [1.807, 2.05) is 6.92 Å². The number of esters is 1. The Kier molecular flexibility index (Phi) is 6.86. The van der Waals surface area contributed by atoms with E-state index in [-0.39, 0.29) is 6.61 Å². The second-order valence-electron chi connectivity index (χ2n) is 5.57. The monoisotopic (exact) mass is 415 g/mol. The van der Waals surface area contributed by atoms with Crippen LogP contribution in [0.2, 0.25) is 0 Å². The van der Waals surface area contributed by atoms with E-state index in [0.29, 0.717) is 16.4 Å². The summed E-state index contributed by atoms with van der Waals surface area (Å²) in [4.78, 5) is 24.6. The van der Waals surface area contributed by atoms with Crippen LogP contribution in [0.3, 0.4) is 0 Å². The number of anilines is 1. The number of alkyl halides is 2. The molecule has 0 fully saturated rings. The standard InChI is InChI=1S/C17H19Cl2N3O3S/c1-4-25-16(24)12-9(2)22(3)17(26)21-13(12)10-5-7-11(8-6-10)20-15(23)14(18)19/h5-8,13-14H,4H2,1-3H3,(H,20,23)(H,21,26). The van der Waals surface area contributed by atoms with E-state index in [4.69, 9.17) is 40.2 Å². The molecule has 1 aliphatic heterocycles. The first-order valence-corrected chi connectivity index (χ1v) is 9.15. The number of hydrogen-bond donors (Lipinski definition) is 2. The molecule has 1 aromatic carbocycles. The average Bonchev–Trinajstić information content (AvgIpc) is 2.60. The van der Waals surface area contributed by atoms with Gasteiger partial charge in [-0.1, -0.05) is 35.3 Å². The quantitative estimate of drug-likeness (QED) is 0.437. The van der Waals surface area contributed by atoms with Gasteiger partial charge in [-0.3, -0.25) is 4.79 Å². The molecule has 140 valence electrons. The molecule has 1 aromatic rings. The van der Waals surface area contributed by atoms with E-state index in [1.54, 1.807) is 43.1 Å². The van der Waals surface area contributed by atoms with Gasteiger partial charge < -0.3 is 20.3 Å². The maximum atomic E-state index is 12.5. The SMILES string of the molecule is CCOC(=O)C1=C(C)N(C)C(=S)NC1c1ccc(NC(=O)C(Cl)Cl)cc1. The molecule has 0 saturated carbocycles. The predicted octanol–water partition coefficient (Wildman–Crippen LogP) is 3.13. The highest BCUT2D eigenvalue weighted by Gasteiger charge is 2.33. The molecular weight excluding hydrogens is 397 g/mol. The number of benzene rings is 1. The number of ether oxygens (including phenoxy) is 1. The molecule has 0 radical (unpaired) electrons. The van der Waals surface area contributed by atoms with Gasteiger partial charge in [0.15, 0.2) is 9.95 Å². The third-order valence-electron chi connectivity index (χ3n) is 3.96. The zero-order valence-corrected chi connectivity index (χ0v) is 16.8. The molecule has 0 saturated heterocycles. The maximum Gasteiger partial charge on any atom is 0.338 e. The van der Waals surface area contributed by atoms with Crippen molar-refractivity contribution in [2.75, 3.05) is 19.0 Å². The molecule has 0 bridgehead atoms. The molecule has 9 heteroatoms. The normalized spacial score (nSPS) is 17.2. The number of carbonyl (C=O) groups is 2. The van der Waals surface area contributed by atoms with Crippen molar-refractivity contribution in [1.29, 1.82) is 0 Å². The van der Waals surface area contributed by atoms with Crippen LogP contribution >= 0.6 is 35.4 Å². The van der Waals surface area contributed by atoms with Gasteiger partial charge in [0.1, 0.15) is 0 Å². The molecule has 0 aromatic heterocycles. The maximum absolute atomic E-state index is 12.5. The lowest BCUT2D eigenvalue weighted by atomic mass is 9.95. The van der Waals surface area contributed by atoms with Crippen LogP contribution in [0.15, 0.2) is 35.5 Å². The number of thiocarbonyl (C=S) groups is 1. The second-order valence-corrected chi connectivity index (χ2v) is 7.06. The minimum Gasteiger partial charge on any atom is -0.463 e. The second kappa shape index (κ2) is 8.70. The Morgan fingerprint density at radius 3 is 2.50 bits per heavy atom. The smallest absolute Gasteiger partial charge is 0.338 e. The third kappa shape index (κ3) is 4.47. The van der Waals surface area contributed by atoms with Gasteiger partial charge in [0.05, 0.1) is 18.2 Å². The fourth-order valence-electron chi connectivity index (χ4n) is 2.51. The number of nitrogens with one attached hydrogen (secondary N) is 2. The summed E-state index contributed by atoms with van der Waals surface area (Å²) in [5, 5.41) is 6.24. The first-order valence-electron chi connectivity index (χ1n) is 7.87. The number of allylic oxidation sites excluding steroid dienone is 1. The Bertz CT molecular complexity index is 750. The molecule has 1 heterocycles. The number of carbonyl (C=O) groups excluding carboxylic acids is 2. The molecule has 2 rings (SSSR count). The van der Waals surface area contributed by atoms with Crippen molar-refractivity contribution in [3.8, 4) is 0 Å². The molecule has 6 nitrogen and oxygen atoms in total. The molecule has 1 amide bonds. The third-order valence-corrected chi connectivity index (χ3v) is 4.75. The Morgan fingerprint density at radius 1 is 1.35 bits per heavy atom. The molecule has 0 spiro atoms. The van der Waals surface area contributed by atoms with Crippen molar-refractivity contribution in [3.63, 3.8) is 0 Å². The lowest BCUT2D eigenvalue weighted by Gasteiger charge is -2.35. The van der Waals surface area contributed by atoms with E-state index >= 15 is 0 Å². The van der Waals surface area contributed by atoms with Crippen LogP contribution in [0, 0.1) is 0 Å². The van der Waals surface area contributed by atoms with E-state index in [2.05, 4.69) is 10.6 Å². The van der Waals surface area contributed by atoms with Gasteiger partial charge in [0.2, 0.25) is 0 Å². The van der Waals surface area contributed by atoms with Crippen molar-refractivity contribution >= 4 is 58.1 Å². The molecule has 1 unspecified atom stereocenters. The van der Waals surface area contributed by atoms with Crippen LogP contribution in [-0.4, -0.2) is 40.4 Å². The Balaban J connectivity index is 2.33. The lowest BCUT2D eigenvalue weighted by molar-refractivity contribution is -0.139. The number of nitrogens with zero attached hydrogens (tertiary/aromatic N) is 1. The summed E-state index contributed by atoms with van der Waals surface area (Å²) in [7, 11) is 1.79. The molecule has 1 atom stereocenters. The van der Waals surface area contributed by atoms with Crippen LogP contribution in [0.5, 0.6) is 0 Å². The van der Waals surface area contributed by atoms with E-state index in [0.717, 1.165) is 11.3 Å². The summed E-state index contributed by atoms with van der Waals surface area (Å²) < 4.78 is 5.20. The Labute approximate surface area is 167 Å². The summed E-state index contributed by atoms with van der Waals surface area (Å²) in [5.74, 6) is -0.913. The number of halogens is 2. The van der Waals surface area contributed by atoms with Gasteiger partial charge in [-0.15, -0.1) is 0 Å². The van der Waals surface area contributed by atoms with Crippen LogP contribution in [0.1, 0.15) is 25.5 Å². The lowest BCUT2D eigenvalue weighted by Crippen LogP contribution is -2.46. The van der Waals surface area contributed by atoms with Crippen molar-refractivity contribution < 1.29 is 14.3 Å². The molecular formula is C17H19Cl2N3O3S. The van der Waals surface area contributed by atoms with Gasteiger partial charge in [0.25, 0.3) is 5.91 Å². The highest BCUT2D eigenvalue weighted by molar-refractivity contribution is 7.80. The Morgan fingerprint density at radius 2 is 1.96 bits per heavy atom. The van der Waals surface area contributed by atoms with Gasteiger partial charge in [0, 0.05) is 18.4 Å². The zero-order valence-electron chi connectivity index (χ0n) is 14.5. The van der Waals surface area contributed by atoms with Crippen LogP contribution in [0.25, 0.3) is 0 Å². The highest BCUT2D eigenvalue weighted by atomic mass is 35.5. The van der Waals surface area contributed by atoms with Gasteiger partial charge >= 0.3 is 5.97 Å². The fraction of sp³-hybridized carbons (Fsp3) is 0.353. The van der Waals surface area contributed by atoms with E-state index in [9.17, 15) is 9.59 Å². The summed E-state index contributed by atoms with van der Waals surface area (Å²) >= 11 is 16.4. The summed E-state index contributed by atoms with van der Waals surface area (Å²) in [6.45, 7) is 3.85. The highest BCUT2D eigenvalue weighted by Crippen LogP contribution is 2.31. The van der Waals surface area contributed by atoms with Crippen molar-refractivity contribution in [2.45, 2.75) is 24.7 Å². The predicted molar refractivity (Wildman–Crippen MR) is 106 cm³/mol. The minimum atomic E-state index is -1.15. The largest absolute Gasteiger partial charge is 0.463 e. The zero-order chi connectivity index (χ0) is 19.4. The van der Waals surface area contributed by atoms with Crippen molar-refractivity contribution in [2.24, 2.45) is 0 Å². The number of hydrogen-bond acceptors (Lipinski definition) is 4. The topological polar surface area (TPSA) is 70.7 Å². The summed E-state index contributed by atoms with van der Waals surface area (Å²) in [6.07, 6.45) is 0. The van der Waals surface area contributed by atoms with E-state index < -0.39 is 22.8 Å². The molecule has 26 heavy (non-hydrogen) atoms. The van der Waals surface area contributed by atoms with E-state index in [1.165, 1.54) is 0 Å². The van der Waals surface area contributed by atoms with Gasteiger partial charge in [-0.25, -0.2) is 4.79 Å². The summed E-state index contributed by atoms with van der Waals surface area (Å²) in [6, 6.07) is 6.52. The number of rotatable bonds is 5. The van der Waals surface area contributed by atoms with Gasteiger partial charge in [-0.2, -0.15) is 0 Å². The van der Waals surface area contributed by atoms with Crippen LogP contribution in [0.4, 0.5) is 5.69 Å².